The van der Waals surface area contributed by atoms with Gasteiger partial charge in [-0.3, -0.25) is 0 Å². The molecule has 30 heavy (non-hydrogen) atoms. The molecule has 4 aliphatic rings. The molecule has 0 radical (unpaired) electrons. The average Bonchev–Trinajstić information content (AvgIpc) is 2.77. The third kappa shape index (κ3) is 5.03. The first-order chi connectivity index (χ1) is 14.5. The van der Waals surface area contributed by atoms with E-state index in [1.54, 1.807) is 0 Å². The van der Waals surface area contributed by atoms with Crippen molar-refractivity contribution in [3.05, 3.63) is 0 Å². The smallest absolute Gasteiger partial charge is 0.162 e. The molecule has 5 atom stereocenters. The summed E-state index contributed by atoms with van der Waals surface area (Å²) in [5, 5.41) is 0. The molecular formula is C26H42F4. The zero-order valence-corrected chi connectivity index (χ0v) is 18.8. The van der Waals surface area contributed by atoms with Gasteiger partial charge in [-0.2, -0.15) is 0 Å². The molecule has 0 bridgehead atoms. The quantitative estimate of drug-likeness (QED) is 0.394. The van der Waals surface area contributed by atoms with Crippen LogP contribution in [0.5, 0.6) is 0 Å². The summed E-state index contributed by atoms with van der Waals surface area (Å²) in [5.41, 5.74) is 0. The lowest BCUT2D eigenvalue weighted by Gasteiger charge is -2.44. The maximum absolute atomic E-state index is 15.1. The predicted octanol–water partition coefficient (Wildman–Crippen LogP) is 8.19. The van der Waals surface area contributed by atoms with E-state index in [1.807, 2.05) is 0 Å². The van der Waals surface area contributed by atoms with E-state index in [0.717, 1.165) is 30.6 Å². The van der Waals surface area contributed by atoms with Gasteiger partial charge in [0.05, 0.1) is 0 Å². The topological polar surface area (TPSA) is 0 Å². The Labute approximate surface area is 181 Å². The third-order valence-electron chi connectivity index (χ3n) is 9.83. The summed E-state index contributed by atoms with van der Waals surface area (Å²) in [5.74, 6) is 3.24. The lowest BCUT2D eigenvalue weighted by Crippen LogP contribution is -2.43. The lowest BCUT2D eigenvalue weighted by molar-refractivity contribution is -0.0292. The highest BCUT2D eigenvalue weighted by atomic mass is 19.2. The second kappa shape index (κ2) is 10.1. The highest BCUT2D eigenvalue weighted by molar-refractivity contribution is 4.95. The van der Waals surface area contributed by atoms with E-state index in [0.29, 0.717) is 18.3 Å². The molecule has 174 valence electrons. The molecule has 0 amide bonds. The Morgan fingerprint density at radius 3 is 1.43 bits per heavy atom. The second-order valence-corrected chi connectivity index (χ2v) is 11.3. The van der Waals surface area contributed by atoms with E-state index >= 15 is 4.39 Å². The molecule has 0 saturated heterocycles. The van der Waals surface area contributed by atoms with Crippen LogP contribution < -0.4 is 0 Å². The zero-order chi connectivity index (χ0) is 21.3. The molecule has 4 rings (SSSR count). The van der Waals surface area contributed by atoms with Crippen molar-refractivity contribution in [3.8, 4) is 0 Å². The highest BCUT2D eigenvalue weighted by Gasteiger charge is 2.46. The fourth-order valence-electron chi connectivity index (χ4n) is 7.79. The van der Waals surface area contributed by atoms with Crippen molar-refractivity contribution in [2.24, 2.45) is 41.4 Å². The number of alkyl halides is 4. The largest absolute Gasteiger partial charge is 0.247 e. The molecule has 0 nitrogen and oxygen atoms in total. The van der Waals surface area contributed by atoms with Gasteiger partial charge < -0.3 is 0 Å². The van der Waals surface area contributed by atoms with Crippen LogP contribution in [-0.4, -0.2) is 24.7 Å². The Hall–Kier alpha value is -0.280. The van der Waals surface area contributed by atoms with Gasteiger partial charge >= 0.3 is 0 Å². The molecule has 5 unspecified atom stereocenters. The van der Waals surface area contributed by atoms with Crippen molar-refractivity contribution in [3.63, 3.8) is 0 Å². The monoisotopic (exact) mass is 430 g/mol. The van der Waals surface area contributed by atoms with Crippen molar-refractivity contribution >= 4 is 0 Å². The molecular weight excluding hydrogens is 388 g/mol. The standard InChI is InChI=1S/C26H42F4/c1-2-16-3-5-17(6-4-16)18-7-9-19(10-8-18)20-11-12-22(23(27)13-20)21-14-24(28)26(30)25(29)15-21/h16-26H,2-15H2,1H3. The van der Waals surface area contributed by atoms with Crippen LogP contribution >= 0.6 is 0 Å². The molecule has 4 aliphatic carbocycles. The van der Waals surface area contributed by atoms with Crippen molar-refractivity contribution in [1.29, 1.82) is 0 Å². The van der Waals surface area contributed by atoms with Crippen LogP contribution in [0.15, 0.2) is 0 Å². The van der Waals surface area contributed by atoms with Crippen LogP contribution in [0.4, 0.5) is 17.6 Å². The van der Waals surface area contributed by atoms with Gasteiger partial charge in [0, 0.05) is 0 Å². The van der Waals surface area contributed by atoms with Crippen molar-refractivity contribution < 1.29 is 17.6 Å². The SMILES string of the molecule is CCC1CCC(C2CCC(C3CCC(C4CC(F)C(F)C(F)C4)C(F)C3)CC2)CC1. The van der Waals surface area contributed by atoms with Gasteiger partial charge in [-0.25, -0.2) is 17.6 Å². The summed E-state index contributed by atoms with van der Waals surface area (Å²) in [4.78, 5) is 0. The zero-order valence-electron chi connectivity index (χ0n) is 18.8. The molecule has 0 spiro atoms. The van der Waals surface area contributed by atoms with E-state index in [1.165, 1.54) is 57.8 Å². The Bertz CT molecular complexity index is 511. The summed E-state index contributed by atoms with van der Waals surface area (Å²) in [6.07, 6.45) is 7.90. The molecule has 4 heteroatoms. The van der Waals surface area contributed by atoms with E-state index in [9.17, 15) is 13.2 Å². The molecule has 0 aromatic rings. The van der Waals surface area contributed by atoms with Crippen molar-refractivity contribution in [1.82, 2.24) is 0 Å². The Morgan fingerprint density at radius 2 is 0.933 bits per heavy atom. The van der Waals surface area contributed by atoms with Crippen LogP contribution in [0.25, 0.3) is 0 Å². The first kappa shape index (κ1) is 22.9. The van der Waals surface area contributed by atoms with Crippen LogP contribution in [0.1, 0.15) is 96.8 Å². The van der Waals surface area contributed by atoms with Gasteiger partial charge in [0.1, 0.15) is 18.5 Å². The summed E-state index contributed by atoms with van der Waals surface area (Å²) in [6, 6.07) is 0. The van der Waals surface area contributed by atoms with Crippen LogP contribution in [0, 0.1) is 41.4 Å². The number of halogens is 4. The lowest BCUT2D eigenvalue weighted by atomic mass is 9.63. The van der Waals surface area contributed by atoms with Gasteiger partial charge in [-0.15, -0.1) is 0 Å². The fourth-order valence-corrected chi connectivity index (χ4v) is 7.79. The summed E-state index contributed by atoms with van der Waals surface area (Å²) < 4.78 is 56.2. The minimum absolute atomic E-state index is 0.00270. The van der Waals surface area contributed by atoms with Gasteiger partial charge in [-0.1, -0.05) is 26.2 Å². The maximum atomic E-state index is 15.1. The second-order valence-electron chi connectivity index (χ2n) is 11.3. The Kier molecular flexibility index (Phi) is 7.72. The van der Waals surface area contributed by atoms with E-state index in [2.05, 4.69) is 6.92 Å². The van der Waals surface area contributed by atoms with Gasteiger partial charge in [0.2, 0.25) is 0 Å². The Balaban J connectivity index is 1.23. The van der Waals surface area contributed by atoms with Crippen LogP contribution in [0.3, 0.4) is 0 Å². The molecule has 0 N–H and O–H groups in total. The van der Waals surface area contributed by atoms with E-state index < -0.39 is 24.7 Å². The number of hydrogen-bond acceptors (Lipinski definition) is 0. The van der Waals surface area contributed by atoms with Crippen molar-refractivity contribution in [2.75, 3.05) is 0 Å². The van der Waals surface area contributed by atoms with Crippen LogP contribution in [0.2, 0.25) is 0 Å². The molecule has 0 aliphatic heterocycles. The van der Waals surface area contributed by atoms with Gasteiger partial charge in [0.25, 0.3) is 0 Å². The van der Waals surface area contributed by atoms with E-state index in [4.69, 9.17) is 0 Å². The number of rotatable bonds is 4. The van der Waals surface area contributed by atoms with Gasteiger partial charge in [-0.05, 0) is 112 Å². The molecule has 0 heterocycles. The normalized spacial score (nSPS) is 50.9. The summed E-state index contributed by atoms with van der Waals surface area (Å²) in [7, 11) is 0. The van der Waals surface area contributed by atoms with Crippen molar-refractivity contribution in [2.45, 2.75) is 122 Å². The Morgan fingerprint density at radius 1 is 0.500 bits per heavy atom. The average molecular weight is 431 g/mol. The molecule has 4 saturated carbocycles. The maximum Gasteiger partial charge on any atom is 0.162 e. The first-order valence-corrected chi connectivity index (χ1v) is 13.0. The fraction of sp³-hybridized carbons (Fsp3) is 1.00. The molecule has 0 aromatic carbocycles. The molecule has 0 aromatic heterocycles. The first-order valence-electron chi connectivity index (χ1n) is 13.0. The number of hydrogen-bond donors (Lipinski definition) is 0. The minimum atomic E-state index is -2.01. The van der Waals surface area contributed by atoms with Crippen LogP contribution in [-0.2, 0) is 0 Å². The minimum Gasteiger partial charge on any atom is -0.247 e. The predicted molar refractivity (Wildman–Crippen MR) is 114 cm³/mol. The molecule has 4 fully saturated rings. The summed E-state index contributed by atoms with van der Waals surface area (Å²) in [6.45, 7) is 2.32. The van der Waals surface area contributed by atoms with E-state index in [-0.39, 0.29) is 24.7 Å². The third-order valence-corrected chi connectivity index (χ3v) is 9.83. The van der Waals surface area contributed by atoms with Gasteiger partial charge in [0.15, 0.2) is 6.17 Å². The summed E-state index contributed by atoms with van der Waals surface area (Å²) >= 11 is 0. The highest BCUT2D eigenvalue weighted by Crippen LogP contribution is 2.49.